The number of thiophene rings is 3. The second kappa shape index (κ2) is 32.1. The van der Waals surface area contributed by atoms with E-state index in [1.54, 1.807) is 0 Å². The summed E-state index contributed by atoms with van der Waals surface area (Å²) in [7, 11) is 0. The summed E-state index contributed by atoms with van der Waals surface area (Å²) in [4.78, 5) is 19.5. The van der Waals surface area contributed by atoms with Gasteiger partial charge >= 0.3 is 0 Å². The van der Waals surface area contributed by atoms with Crippen LogP contribution in [0.2, 0.25) is 0 Å². The Morgan fingerprint density at radius 1 is 0.353 bits per heavy atom. The first-order chi connectivity index (χ1) is 49.0. The number of fused-ring (bicyclic) bond motifs is 9. The topological polar surface area (TPSA) is 47.1 Å². The molecule has 102 heavy (non-hydrogen) atoms. The molecule has 0 bridgehead atoms. The highest BCUT2D eigenvalue weighted by molar-refractivity contribution is 7.20. The zero-order valence-corrected chi connectivity index (χ0v) is 65.1. The second-order valence-corrected chi connectivity index (χ2v) is 37.4. The molecule has 3 saturated heterocycles. The molecule has 0 unspecified atom stereocenters. The van der Waals surface area contributed by atoms with Crippen LogP contribution in [0.15, 0.2) is 146 Å². The normalized spacial score (nSPS) is 22.0. The molecule has 6 aromatic carbocycles. The third-order valence-electron chi connectivity index (χ3n) is 21.4. The molecule has 0 radical (unpaired) electrons. The van der Waals surface area contributed by atoms with Crippen LogP contribution in [0.3, 0.4) is 0 Å². The highest BCUT2D eigenvalue weighted by Gasteiger charge is 2.42. The summed E-state index contributed by atoms with van der Waals surface area (Å²) in [6.45, 7) is 40.4. The molecule has 15 heteroatoms. The zero-order chi connectivity index (χ0) is 71.6. The molecule has 0 amide bonds. The fourth-order valence-electron chi connectivity index (χ4n) is 16.6. The molecule has 6 atom stereocenters. The summed E-state index contributed by atoms with van der Waals surface area (Å²) in [5.74, 6) is 3.41. The Bertz CT molecular complexity index is 3770. The summed E-state index contributed by atoms with van der Waals surface area (Å²) in [5, 5.41) is 4.21. The van der Waals surface area contributed by atoms with Gasteiger partial charge in [-0.15, -0.1) is 34.0 Å². The van der Waals surface area contributed by atoms with Crippen molar-refractivity contribution in [2.75, 3.05) is 118 Å². The summed E-state index contributed by atoms with van der Waals surface area (Å²) in [5.41, 5.74) is 9.15. The third kappa shape index (κ3) is 17.5. The fraction of sp³-hybridized carbons (Fsp3) is 0.517. The third-order valence-corrected chi connectivity index (χ3v) is 25.1. The first-order valence-electron chi connectivity index (χ1n) is 37.8. The summed E-state index contributed by atoms with van der Waals surface area (Å²) < 4.78 is 60.2. The predicted molar refractivity (Wildman–Crippen MR) is 423 cm³/mol. The Labute approximate surface area is 618 Å². The maximum absolute atomic E-state index is 12.6. The Balaban J connectivity index is 0.000000137. The van der Waals surface area contributed by atoms with E-state index < -0.39 is 0 Å². The quantitative estimate of drug-likeness (QED) is 0.0700. The Kier molecular flexibility index (Phi) is 23.4. The SMILES string of the molecule is C[C@@H]1Cc2sc3ccccc3c2[C@@H](c2ccc(OCCN3CC(CF)C3)cc2)N1CC(C)(C)C.C[C@@H]1Cc2sc3ccccc3c2[C@H](c2ccc(OCCN3CC(CF)C3)cc2)N1CC(C)(C)C.C[C@H]1Cc2sc3ccccc3c2[C@H](c2ccc(OCCN3CC(CF)C3)cc2)N1CC(C)(C)C. The number of halogens is 3. The minimum atomic E-state index is -0.202. The average molecular weight is 1440 g/mol. The van der Waals surface area contributed by atoms with Gasteiger partial charge in [-0.2, -0.15) is 0 Å². The van der Waals surface area contributed by atoms with E-state index in [2.05, 4.69) is 258 Å². The van der Waals surface area contributed by atoms with Crippen molar-refractivity contribution in [1.82, 2.24) is 29.4 Å². The molecule has 15 rings (SSSR count). The van der Waals surface area contributed by atoms with Gasteiger partial charge in [-0.05, 0) is 160 Å². The van der Waals surface area contributed by atoms with Crippen molar-refractivity contribution in [3.8, 4) is 17.2 Å². The number of hydrogen-bond donors (Lipinski definition) is 0. The van der Waals surface area contributed by atoms with Gasteiger partial charge in [-0.25, -0.2) is 0 Å². The van der Waals surface area contributed by atoms with E-state index >= 15 is 0 Å². The van der Waals surface area contributed by atoms with E-state index in [0.717, 1.165) is 115 Å². The van der Waals surface area contributed by atoms with Gasteiger partial charge in [-0.1, -0.05) is 153 Å². The molecule has 6 aliphatic rings. The van der Waals surface area contributed by atoms with Gasteiger partial charge in [-0.3, -0.25) is 42.6 Å². The van der Waals surface area contributed by atoms with E-state index in [1.807, 2.05) is 34.0 Å². The standard InChI is InChI=1S/3C29H37FN2OS/c3*1-20-15-26-27(24-7-5-6-8-25(24)34-26)28(32(20)19-29(2,3)4)22-9-11-23(12-10-22)33-14-13-31-17-21(16-30)18-31/h3*5-12,20-21,28H,13-19H2,1-4H3/t20-,28+;2*20-,28-/m110/s1. The van der Waals surface area contributed by atoms with Crippen LogP contribution in [-0.4, -0.2) is 166 Å². The van der Waals surface area contributed by atoms with E-state index in [1.165, 1.54) is 78.3 Å². The van der Waals surface area contributed by atoms with Gasteiger partial charge < -0.3 is 14.2 Å². The van der Waals surface area contributed by atoms with E-state index in [9.17, 15) is 13.2 Å². The molecule has 0 aliphatic carbocycles. The second-order valence-electron chi connectivity index (χ2n) is 34.0. The lowest BCUT2D eigenvalue weighted by Gasteiger charge is -2.44. The van der Waals surface area contributed by atoms with Crippen LogP contribution >= 0.6 is 34.0 Å². The van der Waals surface area contributed by atoms with Gasteiger partial charge in [0, 0.05) is 143 Å². The first-order valence-corrected chi connectivity index (χ1v) is 40.2. The van der Waals surface area contributed by atoms with Crippen LogP contribution in [0.25, 0.3) is 30.3 Å². The molecule has 9 heterocycles. The van der Waals surface area contributed by atoms with Crippen molar-refractivity contribution < 1.29 is 27.4 Å². The van der Waals surface area contributed by atoms with Crippen molar-refractivity contribution in [3.05, 3.63) is 194 Å². The number of hydrogen-bond acceptors (Lipinski definition) is 12. The molecule has 9 nitrogen and oxygen atoms in total. The molecular formula is C87H111F3N6O3S3. The highest BCUT2D eigenvalue weighted by Crippen LogP contribution is 2.51. The molecule has 3 fully saturated rings. The molecule has 9 aromatic rings. The lowest BCUT2D eigenvalue weighted by molar-refractivity contribution is 0.0668. The van der Waals surface area contributed by atoms with Gasteiger partial charge in [0.2, 0.25) is 0 Å². The number of benzene rings is 6. The molecule has 546 valence electrons. The maximum Gasteiger partial charge on any atom is 0.119 e. The lowest BCUT2D eigenvalue weighted by Crippen LogP contribution is -2.49. The van der Waals surface area contributed by atoms with Crippen molar-refractivity contribution >= 4 is 64.3 Å². The van der Waals surface area contributed by atoms with E-state index in [0.29, 0.717) is 37.9 Å². The molecule has 3 aromatic heterocycles. The van der Waals surface area contributed by atoms with Crippen molar-refractivity contribution in [1.29, 1.82) is 0 Å². The van der Waals surface area contributed by atoms with Gasteiger partial charge in [0.05, 0.1) is 38.1 Å². The number of rotatable bonds is 21. The summed E-state index contributed by atoms with van der Waals surface area (Å²) in [6.07, 6.45) is 3.34. The monoisotopic (exact) mass is 1440 g/mol. The van der Waals surface area contributed by atoms with Gasteiger partial charge in [0.1, 0.15) is 37.1 Å². The van der Waals surface area contributed by atoms with Gasteiger partial charge in [0.25, 0.3) is 0 Å². The smallest absolute Gasteiger partial charge is 0.119 e. The number of likely N-dealkylation sites (tertiary alicyclic amines) is 3. The molecule has 6 aliphatic heterocycles. The number of ether oxygens (including phenoxy) is 3. The highest BCUT2D eigenvalue weighted by atomic mass is 32.1. The van der Waals surface area contributed by atoms with Crippen LogP contribution < -0.4 is 14.2 Å². The number of nitrogens with zero attached hydrogens (tertiary/aromatic N) is 6. The molecule has 0 spiro atoms. The van der Waals surface area contributed by atoms with Gasteiger partial charge in [0.15, 0.2) is 0 Å². The largest absolute Gasteiger partial charge is 0.492 e. The van der Waals surface area contributed by atoms with Crippen LogP contribution in [0.5, 0.6) is 17.2 Å². The van der Waals surface area contributed by atoms with Crippen molar-refractivity contribution in [2.45, 2.75) is 139 Å². The minimum Gasteiger partial charge on any atom is -0.492 e. The van der Waals surface area contributed by atoms with E-state index in [4.69, 9.17) is 14.2 Å². The van der Waals surface area contributed by atoms with Crippen LogP contribution in [0.1, 0.15) is 149 Å². The maximum atomic E-state index is 12.6. The Morgan fingerprint density at radius 3 is 0.833 bits per heavy atom. The fourth-order valence-corrected chi connectivity index (χ4v) is 20.6. The molecule has 0 N–H and O–H groups in total. The van der Waals surface area contributed by atoms with Crippen molar-refractivity contribution in [3.63, 3.8) is 0 Å². The predicted octanol–water partition coefficient (Wildman–Crippen LogP) is 19.7. The van der Waals surface area contributed by atoms with Crippen LogP contribution in [0, 0.1) is 34.0 Å². The van der Waals surface area contributed by atoms with Crippen molar-refractivity contribution in [2.24, 2.45) is 34.0 Å². The number of alkyl halides is 3. The average Bonchev–Trinajstić information content (AvgIpc) is 1.54. The Morgan fingerprint density at radius 2 is 0.598 bits per heavy atom. The van der Waals surface area contributed by atoms with Crippen LogP contribution in [0.4, 0.5) is 13.2 Å². The summed E-state index contributed by atoms with van der Waals surface area (Å²) >= 11 is 5.91. The van der Waals surface area contributed by atoms with Crippen LogP contribution in [-0.2, 0) is 19.3 Å². The zero-order valence-electron chi connectivity index (χ0n) is 62.7. The molecule has 0 saturated carbocycles. The first kappa shape index (κ1) is 74.4. The summed E-state index contributed by atoms with van der Waals surface area (Å²) in [6, 6.07) is 55.2. The van der Waals surface area contributed by atoms with E-state index in [-0.39, 0.29) is 72.1 Å². The molecular weight excluding hydrogens is 1330 g/mol. The lowest BCUT2D eigenvalue weighted by atomic mass is 9.85. The Hall–Kier alpha value is -5.85. The minimum absolute atomic E-state index is 0.202.